The highest BCUT2D eigenvalue weighted by molar-refractivity contribution is 7.13. The van der Waals surface area contributed by atoms with Gasteiger partial charge < -0.3 is 5.32 Å². The molecule has 1 aromatic heterocycles. The lowest BCUT2D eigenvalue weighted by Crippen LogP contribution is -2.19. The Morgan fingerprint density at radius 3 is 3.19 bits per heavy atom. The Labute approximate surface area is 100 Å². The van der Waals surface area contributed by atoms with Crippen LogP contribution in [-0.4, -0.2) is 11.4 Å². The van der Waals surface area contributed by atoms with E-state index in [2.05, 4.69) is 16.4 Å². The molecule has 3 nitrogen and oxygen atoms in total. The number of nitrogens with one attached hydrogen (secondary N) is 1. The van der Waals surface area contributed by atoms with Gasteiger partial charge in [-0.2, -0.15) is 0 Å². The van der Waals surface area contributed by atoms with Crippen molar-refractivity contribution in [3.8, 4) is 0 Å². The molecule has 80 valence electrons. The molecule has 0 spiro atoms. The maximum Gasteiger partial charge on any atom is 0.213 e. The lowest BCUT2D eigenvalue weighted by Gasteiger charge is -2.07. The fourth-order valence-corrected chi connectivity index (χ4v) is 2.97. The largest absolute Gasteiger partial charge is 0.305 e. The molecular weight excluding hydrogens is 244 g/mol. The van der Waals surface area contributed by atoms with Crippen LogP contribution in [0.15, 0.2) is 22.8 Å². The molecule has 1 N–H and O–H groups in total. The summed E-state index contributed by atoms with van der Waals surface area (Å²) in [7, 11) is 0. The second kappa shape index (κ2) is 3.57. The van der Waals surface area contributed by atoms with Crippen LogP contribution in [0.5, 0.6) is 0 Å². The molecule has 0 saturated carbocycles. The fraction of sp³-hybridized carbons (Fsp3) is 0.0909. The quantitative estimate of drug-likeness (QED) is 0.799. The summed E-state index contributed by atoms with van der Waals surface area (Å²) in [5.74, 6) is 0. The Kier molecular flexibility index (Phi) is 2.19. The molecule has 1 amide bonds. The van der Waals surface area contributed by atoms with Gasteiger partial charge in [0.15, 0.2) is 5.13 Å². The maximum absolute atomic E-state index is 10.3. The second-order valence-electron chi connectivity index (χ2n) is 3.51. The first-order valence-corrected chi connectivity index (χ1v) is 5.97. The topological polar surface area (TPSA) is 42.0 Å². The van der Waals surface area contributed by atoms with Crippen LogP contribution in [0.25, 0.3) is 11.6 Å². The molecule has 0 atom stereocenters. The Hall–Kier alpha value is -1.39. The molecule has 2 aliphatic carbocycles. The monoisotopic (exact) mass is 250 g/mol. The molecule has 0 fully saturated rings. The van der Waals surface area contributed by atoms with Crippen LogP contribution in [-0.2, 0) is 4.79 Å². The van der Waals surface area contributed by atoms with Crippen molar-refractivity contribution in [3.63, 3.8) is 0 Å². The number of anilines is 1. The predicted molar refractivity (Wildman–Crippen MR) is 65.6 cm³/mol. The normalized spacial score (nSPS) is 16.9. The number of fused-ring (bicyclic) bond motifs is 2. The second-order valence-corrected chi connectivity index (χ2v) is 4.98. The number of carbonyl (C=O) groups excluding carboxylic acids is 1. The summed E-state index contributed by atoms with van der Waals surface area (Å²) in [4.78, 5) is 14.7. The minimum absolute atomic E-state index is 0.642. The van der Waals surface area contributed by atoms with Crippen molar-refractivity contribution in [2.45, 2.75) is 6.42 Å². The Morgan fingerprint density at radius 1 is 1.50 bits per heavy atom. The van der Waals surface area contributed by atoms with Crippen molar-refractivity contribution in [3.05, 3.63) is 32.6 Å². The number of allylic oxidation sites excluding steroid dienone is 4. The van der Waals surface area contributed by atoms with Crippen LogP contribution in [0.1, 0.15) is 6.42 Å². The lowest BCUT2D eigenvalue weighted by atomic mass is 10.0. The third-order valence-corrected chi connectivity index (χ3v) is 3.75. The third kappa shape index (κ3) is 1.42. The molecule has 5 heteroatoms. The van der Waals surface area contributed by atoms with Crippen LogP contribution in [0.2, 0.25) is 0 Å². The minimum atomic E-state index is 0.642. The van der Waals surface area contributed by atoms with Crippen molar-refractivity contribution in [2.75, 3.05) is 5.32 Å². The van der Waals surface area contributed by atoms with Crippen LogP contribution in [0, 0.1) is 0 Å². The van der Waals surface area contributed by atoms with E-state index in [-0.39, 0.29) is 0 Å². The standard InChI is InChI=1S/C11H7ClN2OS/c12-7-1-2-8-6(3-7)4-9-10(8)14-11(16-9)13-5-15/h1,3-5H,2H2,(H,13,14,15). The van der Waals surface area contributed by atoms with Gasteiger partial charge >= 0.3 is 0 Å². The molecule has 1 aromatic rings. The average Bonchev–Trinajstić information content (AvgIpc) is 2.74. The molecule has 16 heavy (non-hydrogen) atoms. The first-order chi connectivity index (χ1) is 7.78. The van der Waals surface area contributed by atoms with Crippen molar-refractivity contribution in [2.24, 2.45) is 0 Å². The van der Waals surface area contributed by atoms with Crippen LogP contribution >= 0.6 is 22.9 Å². The number of hydrogen-bond acceptors (Lipinski definition) is 3. The zero-order valence-electron chi connectivity index (χ0n) is 8.16. The van der Waals surface area contributed by atoms with Crippen molar-refractivity contribution < 1.29 is 4.79 Å². The SMILES string of the molecule is O=CNc1nc2c(s1)=CC1=CC(Cl)=CCC=21. The molecule has 0 bridgehead atoms. The summed E-state index contributed by atoms with van der Waals surface area (Å²) in [6, 6.07) is 0. The Balaban J connectivity index is 2.17. The van der Waals surface area contributed by atoms with Gasteiger partial charge in [0, 0.05) is 5.03 Å². The van der Waals surface area contributed by atoms with E-state index in [1.165, 1.54) is 16.9 Å². The molecule has 0 radical (unpaired) electrons. The molecule has 0 aromatic carbocycles. The number of aromatic nitrogens is 1. The Bertz CT molecular complexity index is 654. The van der Waals surface area contributed by atoms with E-state index in [0.29, 0.717) is 11.5 Å². The Morgan fingerprint density at radius 2 is 2.38 bits per heavy atom. The summed E-state index contributed by atoms with van der Waals surface area (Å²) < 4.78 is 1.09. The van der Waals surface area contributed by atoms with E-state index >= 15 is 0 Å². The highest BCUT2D eigenvalue weighted by Crippen LogP contribution is 2.28. The fourth-order valence-electron chi connectivity index (χ4n) is 1.87. The minimum Gasteiger partial charge on any atom is -0.305 e. The zero-order valence-corrected chi connectivity index (χ0v) is 9.73. The number of hydrogen-bond donors (Lipinski definition) is 1. The number of thiazole rings is 1. The van der Waals surface area contributed by atoms with Gasteiger partial charge in [0.05, 0.1) is 9.88 Å². The van der Waals surface area contributed by atoms with Gasteiger partial charge in [0.25, 0.3) is 0 Å². The molecular formula is C11H7ClN2OS. The summed E-state index contributed by atoms with van der Waals surface area (Å²) in [5.41, 5.74) is 2.33. The number of halogens is 1. The highest BCUT2D eigenvalue weighted by Gasteiger charge is 2.17. The van der Waals surface area contributed by atoms with Crippen LogP contribution < -0.4 is 15.2 Å². The van der Waals surface area contributed by atoms with Gasteiger partial charge in [-0.1, -0.05) is 29.0 Å². The number of carbonyl (C=O) groups is 1. The van der Waals surface area contributed by atoms with E-state index in [9.17, 15) is 4.79 Å². The first kappa shape index (κ1) is 9.81. The summed E-state index contributed by atoms with van der Waals surface area (Å²) >= 11 is 7.43. The van der Waals surface area contributed by atoms with Crippen molar-refractivity contribution >= 4 is 46.1 Å². The van der Waals surface area contributed by atoms with Gasteiger partial charge in [-0.3, -0.25) is 4.79 Å². The molecule has 0 unspecified atom stereocenters. The van der Waals surface area contributed by atoms with E-state index in [4.69, 9.17) is 11.6 Å². The van der Waals surface area contributed by atoms with Crippen molar-refractivity contribution in [1.82, 2.24) is 4.98 Å². The molecule has 3 rings (SSSR count). The molecule has 1 heterocycles. The molecule has 2 aliphatic rings. The lowest BCUT2D eigenvalue weighted by molar-refractivity contribution is -0.105. The number of rotatable bonds is 2. The molecule has 0 saturated heterocycles. The van der Waals surface area contributed by atoms with E-state index < -0.39 is 0 Å². The zero-order chi connectivity index (χ0) is 11.1. The van der Waals surface area contributed by atoms with E-state index in [1.807, 2.05) is 12.2 Å². The van der Waals surface area contributed by atoms with E-state index in [1.54, 1.807) is 0 Å². The van der Waals surface area contributed by atoms with Gasteiger partial charge in [0.1, 0.15) is 0 Å². The smallest absolute Gasteiger partial charge is 0.213 e. The van der Waals surface area contributed by atoms with Crippen molar-refractivity contribution in [1.29, 1.82) is 0 Å². The highest BCUT2D eigenvalue weighted by atomic mass is 35.5. The van der Waals surface area contributed by atoms with Gasteiger partial charge in [0.2, 0.25) is 6.41 Å². The summed E-state index contributed by atoms with van der Waals surface area (Å²) in [5, 5.41) is 4.96. The number of amides is 1. The van der Waals surface area contributed by atoms with Crippen LogP contribution in [0.4, 0.5) is 5.13 Å². The average molecular weight is 251 g/mol. The van der Waals surface area contributed by atoms with Gasteiger partial charge in [-0.05, 0) is 29.7 Å². The summed E-state index contributed by atoms with van der Waals surface area (Å²) in [6.07, 6.45) is 7.43. The number of nitrogens with zero attached hydrogens (tertiary/aromatic N) is 1. The maximum atomic E-state index is 10.3. The molecule has 0 aliphatic heterocycles. The van der Waals surface area contributed by atoms with Crippen LogP contribution in [0.3, 0.4) is 0 Å². The van der Waals surface area contributed by atoms with Gasteiger partial charge in [-0.15, -0.1) is 0 Å². The third-order valence-electron chi connectivity index (χ3n) is 2.55. The van der Waals surface area contributed by atoms with Gasteiger partial charge in [-0.25, -0.2) is 4.98 Å². The van der Waals surface area contributed by atoms with E-state index in [0.717, 1.165) is 26.9 Å². The predicted octanol–water partition coefficient (Wildman–Crippen LogP) is 1.11. The first-order valence-electron chi connectivity index (χ1n) is 4.77. The summed E-state index contributed by atoms with van der Waals surface area (Å²) in [6.45, 7) is 0.